The van der Waals surface area contributed by atoms with E-state index in [1.54, 1.807) is 16.6 Å². The number of hydrogen-bond donors (Lipinski definition) is 0. The third-order valence-electron chi connectivity index (χ3n) is 3.67. The monoisotopic (exact) mass is 293 g/mol. The number of esters is 1. The number of amides is 1. The predicted molar refractivity (Wildman–Crippen MR) is 73.6 cm³/mol. The Morgan fingerprint density at radius 3 is 2.62 bits per heavy atom. The molecular formula is C14H19N3O4. The van der Waals surface area contributed by atoms with Crippen LogP contribution >= 0.6 is 0 Å². The second kappa shape index (κ2) is 6.07. The maximum atomic E-state index is 12.1. The predicted octanol–water partition coefficient (Wildman–Crippen LogP) is 0.461. The van der Waals surface area contributed by atoms with Crippen molar-refractivity contribution in [2.45, 2.75) is 32.7 Å². The summed E-state index contributed by atoms with van der Waals surface area (Å²) >= 11 is 0. The number of aryl methyl sites for hydroxylation is 1. The van der Waals surface area contributed by atoms with E-state index in [0.717, 1.165) is 11.3 Å². The van der Waals surface area contributed by atoms with Crippen molar-refractivity contribution in [1.82, 2.24) is 14.7 Å². The fourth-order valence-corrected chi connectivity index (χ4v) is 2.48. The van der Waals surface area contributed by atoms with Crippen molar-refractivity contribution < 1.29 is 19.1 Å². The van der Waals surface area contributed by atoms with Crippen molar-refractivity contribution in [3.63, 3.8) is 0 Å². The van der Waals surface area contributed by atoms with E-state index in [1.807, 2.05) is 0 Å². The summed E-state index contributed by atoms with van der Waals surface area (Å²) in [5.74, 6) is -0.491. The fraction of sp³-hybridized carbons (Fsp3) is 0.571. The van der Waals surface area contributed by atoms with Crippen LogP contribution in [0.4, 0.5) is 0 Å². The summed E-state index contributed by atoms with van der Waals surface area (Å²) in [4.78, 5) is 36.4. The molecule has 7 nitrogen and oxygen atoms in total. The molecule has 0 atom stereocenters. The normalized spacial score (nSPS) is 13.8. The van der Waals surface area contributed by atoms with Crippen LogP contribution in [0.5, 0.6) is 0 Å². The number of hydrogen-bond acceptors (Lipinski definition) is 5. The number of carbonyl (C=O) groups excluding carboxylic acids is 3. The molecule has 0 saturated carbocycles. The molecule has 114 valence electrons. The Hall–Kier alpha value is -2.18. The fourth-order valence-electron chi connectivity index (χ4n) is 2.48. The summed E-state index contributed by atoms with van der Waals surface area (Å²) in [6.45, 7) is 2.41. The quantitative estimate of drug-likeness (QED) is 0.753. The number of ether oxygens (including phenoxy) is 1. The second-order valence-corrected chi connectivity index (χ2v) is 5.16. The van der Waals surface area contributed by atoms with Crippen molar-refractivity contribution >= 4 is 17.7 Å². The molecule has 0 unspecified atom stereocenters. The number of rotatable bonds is 4. The van der Waals surface area contributed by atoms with Gasteiger partial charge in [0.25, 0.3) is 0 Å². The molecule has 1 aromatic heterocycles. The summed E-state index contributed by atoms with van der Waals surface area (Å²) in [6.07, 6.45) is 1.06. The van der Waals surface area contributed by atoms with Gasteiger partial charge in [-0.1, -0.05) is 0 Å². The van der Waals surface area contributed by atoms with Crippen molar-refractivity contribution in [3.05, 3.63) is 17.0 Å². The second-order valence-electron chi connectivity index (χ2n) is 5.16. The van der Waals surface area contributed by atoms with E-state index in [1.165, 1.54) is 14.0 Å². The molecule has 21 heavy (non-hydrogen) atoms. The van der Waals surface area contributed by atoms with E-state index < -0.39 is 5.97 Å². The van der Waals surface area contributed by atoms with Gasteiger partial charge < -0.3 is 14.4 Å². The summed E-state index contributed by atoms with van der Waals surface area (Å²) in [5, 5.41) is 4.18. The molecule has 0 saturated heterocycles. The number of Topliss-reactive ketones (excluding diaryl/α,β-unsaturated/α-hetero) is 1. The standard InChI is InChI=1S/C14H19N3O4/c1-9(18)4-5-12(19)17-7-6-10-11(8-17)16(2)15-13(10)14(20)21-3/h4-8H2,1-3H3. The number of carbonyl (C=O) groups is 3. The van der Waals surface area contributed by atoms with Gasteiger partial charge in [-0.25, -0.2) is 4.79 Å². The van der Waals surface area contributed by atoms with E-state index in [4.69, 9.17) is 4.74 Å². The molecule has 2 heterocycles. The Kier molecular flexibility index (Phi) is 4.40. The maximum absolute atomic E-state index is 12.1. The minimum atomic E-state index is -0.455. The number of nitrogens with zero attached hydrogens (tertiary/aromatic N) is 3. The molecule has 0 radical (unpaired) electrons. The molecule has 1 amide bonds. The van der Waals surface area contributed by atoms with Crippen LogP contribution in [-0.2, 0) is 34.3 Å². The molecule has 0 fully saturated rings. The summed E-state index contributed by atoms with van der Waals surface area (Å²) in [7, 11) is 3.07. The van der Waals surface area contributed by atoms with Gasteiger partial charge in [-0.2, -0.15) is 5.10 Å². The highest BCUT2D eigenvalue weighted by Crippen LogP contribution is 2.23. The number of methoxy groups -OCH3 is 1. The van der Waals surface area contributed by atoms with Crippen LogP contribution < -0.4 is 0 Å². The lowest BCUT2D eigenvalue weighted by Crippen LogP contribution is -2.36. The zero-order valence-corrected chi connectivity index (χ0v) is 12.5. The van der Waals surface area contributed by atoms with Crippen LogP contribution in [0.1, 0.15) is 41.5 Å². The molecule has 7 heteroatoms. The molecule has 0 spiro atoms. The number of aromatic nitrogens is 2. The topological polar surface area (TPSA) is 81.5 Å². The van der Waals surface area contributed by atoms with E-state index in [-0.39, 0.29) is 24.5 Å². The van der Waals surface area contributed by atoms with Gasteiger partial charge in [0.1, 0.15) is 5.78 Å². The van der Waals surface area contributed by atoms with Gasteiger partial charge in [0.2, 0.25) is 5.91 Å². The van der Waals surface area contributed by atoms with Gasteiger partial charge in [-0.15, -0.1) is 0 Å². The number of ketones is 1. The van der Waals surface area contributed by atoms with E-state index in [9.17, 15) is 14.4 Å². The van der Waals surface area contributed by atoms with E-state index >= 15 is 0 Å². The molecular weight excluding hydrogens is 274 g/mol. The van der Waals surface area contributed by atoms with E-state index in [2.05, 4.69) is 5.10 Å². The van der Waals surface area contributed by atoms with Crippen LogP contribution in [0, 0.1) is 0 Å². The average molecular weight is 293 g/mol. The van der Waals surface area contributed by atoms with Crippen molar-refractivity contribution in [2.24, 2.45) is 7.05 Å². The minimum Gasteiger partial charge on any atom is -0.464 e. The van der Waals surface area contributed by atoms with Crippen LogP contribution in [0.15, 0.2) is 0 Å². The molecule has 0 N–H and O–H groups in total. The lowest BCUT2D eigenvalue weighted by atomic mass is 10.0. The zero-order chi connectivity index (χ0) is 15.6. The lowest BCUT2D eigenvalue weighted by Gasteiger charge is -2.27. The highest BCUT2D eigenvalue weighted by atomic mass is 16.5. The van der Waals surface area contributed by atoms with Gasteiger partial charge in [0.15, 0.2) is 5.69 Å². The Balaban J connectivity index is 2.14. The highest BCUT2D eigenvalue weighted by Gasteiger charge is 2.29. The Morgan fingerprint density at radius 1 is 1.29 bits per heavy atom. The third kappa shape index (κ3) is 3.12. The van der Waals surface area contributed by atoms with Crippen LogP contribution in [0.2, 0.25) is 0 Å². The Morgan fingerprint density at radius 2 is 2.00 bits per heavy atom. The summed E-state index contributed by atoms with van der Waals surface area (Å²) < 4.78 is 6.34. The first-order valence-electron chi connectivity index (χ1n) is 6.84. The smallest absolute Gasteiger partial charge is 0.358 e. The SMILES string of the molecule is COC(=O)c1nn(C)c2c1CCN(C(=O)CCC(C)=O)C2. The number of fused-ring (bicyclic) bond motifs is 1. The van der Waals surface area contributed by atoms with Gasteiger partial charge >= 0.3 is 5.97 Å². The van der Waals surface area contributed by atoms with Crippen LogP contribution in [0.25, 0.3) is 0 Å². The first-order valence-corrected chi connectivity index (χ1v) is 6.84. The lowest BCUT2D eigenvalue weighted by molar-refractivity contribution is -0.133. The van der Waals surface area contributed by atoms with Crippen molar-refractivity contribution in [1.29, 1.82) is 0 Å². The Labute approximate surface area is 122 Å². The van der Waals surface area contributed by atoms with Crippen LogP contribution in [-0.4, -0.2) is 46.0 Å². The van der Waals surface area contributed by atoms with E-state index in [0.29, 0.717) is 25.2 Å². The molecule has 1 aliphatic rings. The van der Waals surface area contributed by atoms with Gasteiger partial charge in [-0.05, 0) is 13.3 Å². The van der Waals surface area contributed by atoms with Crippen LogP contribution in [0.3, 0.4) is 0 Å². The molecule has 0 bridgehead atoms. The first-order chi connectivity index (χ1) is 9.93. The maximum Gasteiger partial charge on any atom is 0.358 e. The summed E-state index contributed by atoms with van der Waals surface area (Å²) in [5.41, 5.74) is 2.02. The molecule has 1 aromatic rings. The van der Waals surface area contributed by atoms with Gasteiger partial charge in [0, 0.05) is 32.0 Å². The van der Waals surface area contributed by atoms with Gasteiger partial charge in [0.05, 0.1) is 19.3 Å². The summed E-state index contributed by atoms with van der Waals surface area (Å²) in [6, 6.07) is 0. The molecule has 1 aliphatic heterocycles. The molecule has 0 aromatic carbocycles. The van der Waals surface area contributed by atoms with Crippen molar-refractivity contribution in [3.8, 4) is 0 Å². The third-order valence-corrected chi connectivity index (χ3v) is 3.67. The molecule has 2 rings (SSSR count). The first kappa shape index (κ1) is 15.2. The zero-order valence-electron chi connectivity index (χ0n) is 12.5. The van der Waals surface area contributed by atoms with Gasteiger partial charge in [-0.3, -0.25) is 9.48 Å². The highest BCUT2D eigenvalue weighted by molar-refractivity contribution is 5.89. The largest absolute Gasteiger partial charge is 0.464 e. The average Bonchev–Trinajstić information content (AvgIpc) is 2.80. The minimum absolute atomic E-state index is 0.00885. The molecule has 0 aliphatic carbocycles. The Bertz CT molecular complexity index is 591. The van der Waals surface area contributed by atoms with Crippen molar-refractivity contribution in [2.75, 3.05) is 13.7 Å².